The third-order valence-electron chi connectivity index (χ3n) is 4.00. The summed E-state index contributed by atoms with van der Waals surface area (Å²) in [6, 6.07) is 0.213. The summed E-state index contributed by atoms with van der Waals surface area (Å²) in [5.41, 5.74) is 6.32. The molecule has 1 unspecified atom stereocenters. The van der Waals surface area contributed by atoms with Crippen LogP contribution in [0.5, 0.6) is 0 Å². The molecule has 1 aromatic rings. The van der Waals surface area contributed by atoms with E-state index in [0.717, 1.165) is 37.5 Å². The fourth-order valence-electron chi connectivity index (χ4n) is 2.56. The lowest BCUT2D eigenvalue weighted by Crippen LogP contribution is -2.45. The highest BCUT2D eigenvalue weighted by Gasteiger charge is 2.26. The van der Waals surface area contributed by atoms with Gasteiger partial charge in [0.05, 0.1) is 6.04 Å². The van der Waals surface area contributed by atoms with E-state index in [4.69, 9.17) is 5.73 Å². The molecular formula is C14H24N4OS. The van der Waals surface area contributed by atoms with Crippen molar-refractivity contribution in [2.75, 3.05) is 26.7 Å². The smallest absolute Gasteiger partial charge is 0.273 e. The van der Waals surface area contributed by atoms with E-state index in [1.165, 1.54) is 11.3 Å². The monoisotopic (exact) mass is 296 g/mol. The van der Waals surface area contributed by atoms with E-state index in [1.54, 1.807) is 0 Å². The van der Waals surface area contributed by atoms with Gasteiger partial charge in [0.2, 0.25) is 0 Å². The summed E-state index contributed by atoms with van der Waals surface area (Å²) in [7, 11) is 1.89. The fraction of sp³-hybridized carbons (Fsp3) is 0.714. The van der Waals surface area contributed by atoms with Crippen LogP contribution >= 0.6 is 11.3 Å². The zero-order valence-corrected chi connectivity index (χ0v) is 13.3. The van der Waals surface area contributed by atoms with Gasteiger partial charge in [-0.05, 0) is 26.3 Å². The van der Waals surface area contributed by atoms with Gasteiger partial charge in [-0.15, -0.1) is 11.3 Å². The Morgan fingerprint density at radius 1 is 1.60 bits per heavy atom. The Balaban J connectivity index is 1.97. The van der Waals surface area contributed by atoms with Crippen LogP contribution < -0.4 is 5.73 Å². The van der Waals surface area contributed by atoms with Gasteiger partial charge in [0, 0.05) is 31.6 Å². The number of aromatic nitrogens is 1. The zero-order chi connectivity index (χ0) is 14.7. The Morgan fingerprint density at radius 2 is 2.25 bits per heavy atom. The second-order valence-electron chi connectivity index (χ2n) is 5.44. The minimum absolute atomic E-state index is 0.0168. The van der Waals surface area contributed by atoms with E-state index in [1.807, 2.05) is 24.3 Å². The lowest BCUT2D eigenvalue weighted by Gasteiger charge is -2.36. The summed E-state index contributed by atoms with van der Waals surface area (Å²) in [5, 5.41) is 2.64. The molecule has 0 aliphatic carbocycles. The molecule has 2 N–H and O–H groups in total. The molecule has 1 aromatic heterocycles. The molecule has 1 aliphatic heterocycles. The Morgan fingerprint density at radius 3 is 2.75 bits per heavy atom. The minimum Gasteiger partial charge on any atom is -0.337 e. The van der Waals surface area contributed by atoms with Gasteiger partial charge in [0.25, 0.3) is 5.91 Å². The standard InChI is InChI=1S/C14H24N4OS/c1-4-18-7-5-11(6-8-18)17(3)14(19)12-9-20-13(16-12)10(2)15/h9-11H,4-8,15H2,1-3H3. The first-order valence-corrected chi connectivity index (χ1v) is 8.11. The highest BCUT2D eigenvalue weighted by atomic mass is 32.1. The SMILES string of the molecule is CCN1CCC(N(C)C(=O)c2csc(C(C)N)n2)CC1. The number of hydrogen-bond acceptors (Lipinski definition) is 5. The molecule has 1 aliphatic rings. The van der Waals surface area contributed by atoms with Crippen LogP contribution in [0, 0.1) is 0 Å². The first-order chi connectivity index (χ1) is 9.52. The van der Waals surface area contributed by atoms with Crippen LogP contribution in [0.4, 0.5) is 0 Å². The molecule has 112 valence electrons. The summed E-state index contributed by atoms with van der Waals surface area (Å²) in [6.45, 7) is 7.30. The average molecular weight is 296 g/mol. The lowest BCUT2D eigenvalue weighted by atomic mass is 10.0. The van der Waals surface area contributed by atoms with Crippen molar-refractivity contribution in [1.29, 1.82) is 0 Å². The van der Waals surface area contributed by atoms with Crippen molar-refractivity contribution in [3.8, 4) is 0 Å². The van der Waals surface area contributed by atoms with Crippen molar-refractivity contribution < 1.29 is 4.79 Å². The summed E-state index contributed by atoms with van der Waals surface area (Å²) in [4.78, 5) is 21.1. The second kappa shape index (κ2) is 6.65. The van der Waals surface area contributed by atoms with Gasteiger partial charge in [-0.25, -0.2) is 4.98 Å². The predicted molar refractivity (Wildman–Crippen MR) is 81.9 cm³/mol. The third-order valence-corrected chi connectivity index (χ3v) is 5.05. The number of carbonyl (C=O) groups excluding carboxylic acids is 1. The van der Waals surface area contributed by atoms with Gasteiger partial charge in [0.15, 0.2) is 0 Å². The molecule has 1 fully saturated rings. The van der Waals surface area contributed by atoms with Crippen LogP contribution in [-0.2, 0) is 0 Å². The number of carbonyl (C=O) groups is 1. The number of rotatable bonds is 4. The molecule has 1 saturated heterocycles. The maximum Gasteiger partial charge on any atom is 0.273 e. The van der Waals surface area contributed by atoms with Crippen LogP contribution in [0.15, 0.2) is 5.38 Å². The van der Waals surface area contributed by atoms with Crippen molar-refractivity contribution >= 4 is 17.2 Å². The van der Waals surface area contributed by atoms with E-state index < -0.39 is 0 Å². The third kappa shape index (κ3) is 3.37. The van der Waals surface area contributed by atoms with Gasteiger partial charge in [-0.3, -0.25) is 4.79 Å². The molecule has 0 saturated carbocycles. The van der Waals surface area contributed by atoms with E-state index in [-0.39, 0.29) is 11.9 Å². The van der Waals surface area contributed by atoms with Crippen LogP contribution in [0.2, 0.25) is 0 Å². The number of hydrogen-bond donors (Lipinski definition) is 1. The molecule has 0 bridgehead atoms. The van der Waals surface area contributed by atoms with Gasteiger partial charge < -0.3 is 15.5 Å². The molecule has 0 spiro atoms. The van der Waals surface area contributed by atoms with Crippen LogP contribution in [-0.4, -0.2) is 53.4 Å². The zero-order valence-electron chi connectivity index (χ0n) is 12.5. The first kappa shape index (κ1) is 15.4. The van der Waals surface area contributed by atoms with Gasteiger partial charge in [-0.1, -0.05) is 6.92 Å². The number of nitrogens with zero attached hydrogens (tertiary/aromatic N) is 3. The van der Waals surface area contributed by atoms with Crippen LogP contribution in [0.3, 0.4) is 0 Å². The Labute approximate surface area is 124 Å². The fourth-order valence-corrected chi connectivity index (χ4v) is 3.32. The largest absolute Gasteiger partial charge is 0.337 e. The molecule has 5 nitrogen and oxygen atoms in total. The number of nitrogens with two attached hydrogens (primary N) is 1. The summed E-state index contributed by atoms with van der Waals surface area (Å²) >= 11 is 1.46. The van der Waals surface area contributed by atoms with Crippen molar-refractivity contribution in [2.45, 2.75) is 38.8 Å². The molecule has 20 heavy (non-hydrogen) atoms. The van der Waals surface area contributed by atoms with Crippen molar-refractivity contribution in [3.63, 3.8) is 0 Å². The van der Waals surface area contributed by atoms with Crippen molar-refractivity contribution in [1.82, 2.24) is 14.8 Å². The maximum atomic E-state index is 12.4. The summed E-state index contributed by atoms with van der Waals surface area (Å²) in [6.07, 6.45) is 2.08. The number of thiazole rings is 1. The minimum atomic E-state index is -0.111. The summed E-state index contributed by atoms with van der Waals surface area (Å²) in [5.74, 6) is 0.0168. The van der Waals surface area contributed by atoms with E-state index in [0.29, 0.717) is 11.7 Å². The maximum absolute atomic E-state index is 12.4. The van der Waals surface area contributed by atoms with Gasteiger partial charge in [0.1, 0.15) is 10.7 Å². The van der Waals surface area contributed by atoms with Crippen molar-refractivity contribution in [2.24, 2.45) is 5.73 Å². The quantitative estimate of drug-likeness (QED) is 0.919. The highest BCUT2D eigenvalue weighted by Crippen LogP contribution is 2.20. The normalized spacial score (nSPS) is 19.0. The Kier molecular flexibility index (Phi) is 5.12. The average Bonchev–Trinajstić information content (AvgIpc) is 2.96. The lowest BCUT2D eigenvalue weighted by molar-refractivity contribution is 0.0641. The number of amides is 1. The molecule has 6 heteroatoms. The molecule has 2 heterocycles. The topological polar surface area (TPSA) is 62.5 Å². The number of likely N-dealkylation sites (tertiary alicyclic amines) is 1. The first-order valence-electron chi connectivity index (χ1n) is 7.23. The van der Waals surface area contributed by atoms with E-state index >= 15 is 0 Å². The number of piperidine rings is 1. The molecule has 0 radical (unpaired) electrons. The molecular weight excluding hydrogens is 272 g/mol. The van der Waals surface area contributed by atoms with Gasteiger partial charge in [-0.2, -0.15) is 0 Å². The van der Waals surface area contributed by atoms with E-state index in [2.05, 4.69) is 16.8 Å². The van der Waals surface area contributed by atoms with E-state index in [9.17, 15) is 4.79 Å². The molecule has 2 rings (SSSR count). The molecule has 1 atom stereocenters. The highest BCUT2D eigenvalue weighted by molar-refractivity contribution is 7.09. The Bertz CT molecular complexity index is 452. The van der Waals surface area contributed by atoms with Crippen LogP contribution in [0.25, 0.3) is 0 Å². The molecule has 0 aromatic carbocycles. The van der Waals surface area contributed by atoms with Crippen molar-refractivity contribution in [3.05, 3.63) is 16.1 Å². The predicted octanol–water partition coefficient (Wildman–Crippen LogP) is 1.72. The van der Waals surface area contributed by atoms with Gasteiger partial charge >= 0.3 is 0 Å². The van der Waals surface area contributed by atoms with Crippen LogP contribution in [0.1, 0.15) is 48.2 Å². The second-order valence-corrected chi connectivity index (χ2v) is 6.33. The molecule has 1 amide bonds. The Hall–Kier alpha value is -0.980. The summed E-state index contributed by atoms with van der Waals surface area (Å²) < 4.78 is 0.